The second-order valence-corrected chi connectivity index (χ2v) is 4.47. The van der Waals surface area contributed by atoms with Crippen LogP contribution >= 0.6 is 0 Å². The molecule has 0 bridgehead atoms. The van der Waals surface area contributed by atoms with E-state index in [1.54, 1.807) is 7.05 Å². The van der Waals surface area contributed by atoms with Crippen LogP contribution in [0.5, 0.6) is 0 Å². The number of alkyl halides is 3. The molecule has 0 amide bonds. The topological polar surface area (TPSA) is 12.4 Å². The number of nitrogens with zero attached hydrogens (tertiary/aromatic N) is 1. The minimum absolute atomic E-state index is 0.0382. The van der Waals surface area contributed by atoms with Gasteiger partial charge in [-0.1, -0.05) is 32.1 Å². The van der Waals surface area contributed by atoms with Crippen LogP contribution < -0.4 is 0 Å². The highest BCUT2D eigenvalue weighted by Gasteiger charge is 2.40. The van der Waals surface area contributed by atoms with E-state index in [0.717, 1.165) is 13.3 Å². The van der Waals surface area contributed by atoms with Gasteiger partial charge in [0.1, 0.15) is 11.7 Å². The number of aliphatic imine (C=N–C) groups is 1. The van der Waals surface area contributed by atoms with Crippen LogP contribution in [-0.2, 0) is 0 Å². The first kappa shape index (κ1) is 18.6. The molecule has 0 fully saturated rings. The highest BCUT2D eigenvalue weighted by Crippen LogP contribution is 2.35. The van der Waals surface area contributed by atoms with E-state index in [9.17, 15) is 17.6 Å². The van der Waals surface area contributed by atoms with Crippen molar-refractivity contribution < 1.29 is 17.6 Å². The van der Waals surface area contributed by atoms with E-state index in [1.165, 1.54) is 19.1 Å². The molecule has 0 aromatic rings. The molecule has 1 nitrogen and oxygen atoms in total. The lowest BCUT2D eigenvalue weighted by Crippen LogP contribution is -2.21. The molecule has 114 valence electrons. The van der Waals surface area contributed by atoms with Crippen molar-refractivity contribution in [2.24, 2.45) is 10.9 Å². The third kappa shape index (κ3) is 4.94. The quantitative estimate of drug-likeness (QED) is 0.352. The fraction of sp³-hybridized carbons (Fsp3) is 0.533. The van der Waals surface area contributed by atoms with Gasteiger partial charge >= 0.3 is 6.18 Å². The molecule has 0 rings (SSSR count). The van der Waals surface area contributed by atoms with Gasteiger partial charge in [-0.25, -0.2) is 4.39 Å². The van der Waals surface area contributed by atoms with Crippen molar-refractivity contribution in [3.8, 4) is 0 Å². The van der Waals surface area contributed by atoms with Crippen molar-refractivity contribution in [1.29, 1.82) is 0 Å². The minimum atomic E-state index is -4.60. The summed E-state index contributed by atoms with van der Waals surface area (Å²) < 4.78 is 51.8. The Balaban J connectivity index is 5.73. The number of allylic oxidation sites excluding steroid dienone is 5. The summed E-state index contributed by atoms with van der Waals surface area (Å²) in [6, 6.07) is 0. The van der Waals surface area contributed by atoms with E-state index in [-0.39, 0.29) is 5.57 Å². The molecule has 0 N–H and O–H groups in total. The SMILES string of the molecule is C=C/C=C(C(/CCC)=N/C)\C(C)=C(\F)C(C)C(F)(F)F. The zero-order valence-electron chi connectivity index (χ0n) is 12.3. The van der Waals surface area contributed by atoms with Crippen molar-refractivity contribution in [1.82, 2.24) is 0 Å². The molecule has 0 saturated carbocycles. The van der Waals surface area contributed by atoms with Crippen LogP contribution in [0.2, 0.25) is 0 Å². The normalized spacial score (nSPS) is 16.8. The molecule has 0 aromatic carbocycles. The first-order valence-corrected chi connectivity index (χ1v) is 6.42. The van der Waals surface area contributed by atoms with E-state index in [4.69, 9.17) is 0 Å². The number of halogens is 4. The molecule has 1 atom stereocenters. The van der Waals surface area contributed by atoms with Crippen molar-refractivity contribution in [3.05, 3.63) is 35.7 Å². The molecule has 0 spiro atoms. The van der Waals surface area contributed by atoms with Crippen LogP contribution in [0.15, 0.2) is 40.7 Å². The lowest BCUT2D eigenvalue weighted by Gasteiger charge is -2.18. The van der Waals surface area contributed by atoms with E-state index in [0.29, 0.717) is 17.7 Å². The molecule has 1 unspecified atom stereocenters. The Bertz CT molecular complexity index is 428. The van der Waals surface area contributed by atoms with Crippen LogP contribution in [0.4, 0.5) is 17.6 Å². The lowest BCUT2D eigenvalue weighted by molar-refractivity contribution is -0.163. The summed E-state index contributed by atoms with van der Waals surface area (Å²) in [7, 11) is 1.54. The molecule has 5 heteroatoms. The smallest absolute Gasteiger partial charge is 0.292 e. The molecular weight excluding hydrogens is 270 g/mol. The summed E-state index contributed by atoms with van der Waals surface area (Å²) in [6.07, 6.45) is -0.341. The molecule has 0 aliphatic heterocycles. The van der Waals surface area contributed by atoms with E-state index in [2.05, 4.69) is 11.6 Å². The number of hydrogen-bond acceptors (Lipinski definition) is 1. The minimum Gasteiger partial charge on any atom is -0.292 e. The van der Waals surface area contributed by atoms with Crippen molar-refractivity contribution >= 4 is 5.71 Å². The van der Waals surface area contributed by atoms with Gasteiger partial charge in [-0.05, 0) is 25.8 Å². The van der Waals surface area contributed by atoms with Gasteiger partial charge in [-0.3, -0.25) is 4.99 Å². The fourth-order valence-corrected chi connectivity index (χ4v) is 1.76. The van der Waals surface area contributed by atoms with Crippen LogP contribution in [0.1, 0.15) is 33.6 Å². The summed E-state index contributed by atoms with van der Waals surface area (Å²) in [6.45, 7) is 7.59. The maximum atomic E-state index is 14.0. The zero-order valence-corrected chi connectivity index (χ0v) is 12.3. The number of hydrogen-bond donors (Lipinski definition) is 0. The fourth-order valence-electron chi connectivity index (χ4n) is 1.76. The van der Waals surface area contributed by atoms with Crippen LogP contribution in [0.3, 0.4) is 0 Å². The van der Waals surface area contributed by atoms with Gasteiger partial charge in [0.2, 0.25) is 0 Å². The Morgan fingerprint density at radius 2 is 1.90 bits per heavy atom. The maximum absolute atomic E-state index is 14.0. The Hall–Kier alpha value is -1.39. The molecule has 0 radical (unpaired) electrons. The molecule has 0 aliphatic rings. The zero-order chi connectivity index (χ0) is 15.9. The monoisotopic (exact) mass is 291 g/mol. The lowest BCUT2D eigenvalue weighted by atomic mass is 9.94. The summed E-state index contributed by atoms with van der Waals surface area (Å²) in [4.78, 5) is 4.04. The Morgan fingerprint density at radius 3 is 2.25 bits per heavy atom. The van der Waals surface area contributed by atoms with Crippen LogP contribution in [0, 0.1) is 5.92 Å². The van der Waals surface area contributed by atoms with E-state index in [1.807, 2.05) is 6.92 Å². The standard InChI is InChI=1S/C15H21F4N/c1-6-8-12(13(20-5)9-7-2)10(3)14(16)11(4)15(17,18)19/h6,8,11H,1,7,9H2,2-5H3/b12-8+,14-10+,20-13+. The molecule has 0 aliphatic carbocycles. The Morgan fingerprint density at radius 1 is 1.35 bits per heavy atom. The second-order valence-electron chi connectivity index (χ2n) is 4.47. The van der Waals surface area contributed by atoms with Gasteiger partial charge in [0.15, 0.2) is 0 Å². The van der Waals surface area contributed by atoms with E-state index >= 15 is 0 Å². The first-order chi connectivity index (χ1) is 9.20. The second kappa shape index (κ2) is 8.02. The van der Waals surface area contributed by atoms with Gasteiger partial charge in [0, 0.05) is 18.3 Å². The Labute approximate surface area is 117 Å². The average Bonchev–Trinajstić information content (AvgIpc) is 2.39. The summed E-state index contributed by atoms with van der Waals surface area (Å²) in [5.41, 5.74) is 0.913. The molecular formula is C15H21F4N. The summed E-state index contributed by atoms with van der Waals surface area (Å²) in [5, 5.41) is 0. The first-order valence-electron chi connectivity index (χ1n) is 6.42. The van der Waals surface area contributed by atoms with Gasteiger partial charge < -0.3 is 0 Å². The van der Waals surface area contributed by atoms with Crippen LogP contribution in [-0.4, -0.2) is 18.9 Å². The largest absolute Gasteiger partial charge is 0.397 e. The van der Waals surface area contributed by atoms with E-state index < -0.39 is 17.9 Å². The van der Waals surface area contributed by atoms with Gasteiger partial charge in [0.25, 0.3) is 0 Å². The average molecular weight is 291 g/mol. The maximum Gasteiger partial charge on any atom is 0.397 e. The molecule has 0 aromatic heterocycles. The van der Waals surface area contributed by atoms with Crippen LogP contribution in [0.25, 0.3) is 0 Å². The molecule has 0 saturated heterocycles. The third-order valence-electron chi connectivity index (χ3n) is 2.99. The van der Waals surface area contributed by atoms with Crippen molar-refractivity contribution in [2.45, 2.75) is 39.8 Å². The highest BCUT2D eigenvalue weighted by atomic mass is 19.4. The highest BCUT2D eigenvalue weighted by molar-refractivity contribution is 6.04. The Kier molecular flexibility index (Phi) is 7.46. The van der Waals surface area contributed by atoms with Gasteiger partial charge in [-0.2, -0.15) is 13.2 Å². The third-order valence-corrected chi connectivity index (χ3v) is 2.99. The van der Waals surface area contributed by atoms with Gasteiger partial charge in [-0.15, -0.1) is 0 Å². The summed E-state index contributed by atoms with van der Waals surface area (Å²) in [5.74, 6) is -3.31. The molecule has 0 heterocycles. The summed E-state index contributed by atoms with van der Waals surface area (Å²) >= 11 is 0. The predicted molar refractivity (Wildman–Crippen MR) is 75.6 cm³/mol. The molecule has 20 heavy (non-hydrogen) atoms. The predicted octanol–water partition coefficient (Wildman–Crippen LogP) is 5.41. The number of rotatable bonds is 6. The van der Waals surface area contributed by atoms with Gasteiger partial charge in [0.05, 0.1) is 0 Å². The van der Waals surface area contributed by atoms with Crippen molar-refractivity contribution in [3.63, 3.8) is 0 Å². The van der Waals surface area contributed by atoms with Crippen molar-refractivity contribution in [2.75, 3.05) is 7.05 Å².